The number of hydrogen-bond donors (Lipinski definition) is 0. The molecule has 2 nitrogen and oxygen atoms in total. The Morgan fingerprint density at radius 2 is 2.18 bits per heavy atom. The van der Waals surface area contributed by atoms with Crippen molar-refractivity contribution in [2.75, 3.05) is 0 Å². The summed E-state index contributed by atoms with van der Waals surface area (Å²) in [5.74, 6) is 0. The number of pyridine rings is 1. The molecule has 1 heterocycles. The van der Waals surface area contributed by atoms with Crippen LogP contribution in [-0.4, -0.2) is 11.3 Å². The monoisotopic (exact) mass is 263 g/mol. The zero-order valence-corrected chi connectivity index (χ0v) is 10.8. The smallest absolute Gasteiger partial charge is 0.150 e. The first kappa shape index (κ1) is 12.1. The van der Waals surface area contributed by atoms with E-state index in [2.05, 4.69) is 4.98 Å². The molecule has 0 atom stereocenters. The molecule has 0 aliphatic rings. The van der Waals surface area contributed by atoms with Gasteiger partial charge in [0.1, 0.15) is 11.3 Å². The molecular formula is C13H10ClNOS. The summed E-state index contributed by atoms with van der Waals surface area (Å²) in [6.45, 7) is 1.96. The van der Waals surface area contributed by atoms with Crippen LogP contribution in [0.4, 0.5) is 0 Å². The van der Waals surface area contributed by atoms with Crippen LogP contribution >= 0.6 is 23.4 Å². The van der Waals surface area contributed by atoms with Crippen LogP contribution in [0.5, 0.6) is 0 Å². The Bertz CT molecular complexity index is 557. The standard InChI is InChI=1S/C13H10ClNOS/c1-9-7-10(8-16)4-5-12(9)17-13-11(14)3-2-6-15-13/h2-8H,1H3. The Balaban J connectivity index is 2.31. The van der Waals surface area contributed by atoms with Gasteiger partial charge in [0.25, 0.3) is 0 Å². The summed E-state index contributed by atoms with van der Waals surface area (Å²) in [4.78, 5) is 15.9. The Hall–Kier alpha value is -1.32. The summed E-state index contributed by atoms with van der Waals surface area (Å²) in [6, 6.07) is 9.17. The fourth-order valence-electron chi connectivity index (χ4n) is 1.41. The minimum Gasteiger partial charge on any atom is -0.298 e. The number of aldehydes is 1. The van der Waals surface area contributed by atoms with E-state index < -0.39 is 0 Å². The molecule has 0 radical (unpaired) electrons. The van der Waals surface area contributed by atoms with Gasteiger partial charge in [0, 0.05) is 16.7 Å². The van der Waals surface area contributed by atoms with Crippen LogP contribution in [0.25, 0.3) is 0 Å². The number of halogens is 1. The van der Waals surface area contributed by atoms with E-state index in [1.807, 2.05) is 25.1 Å². The summed E-state index contributed by atoms with van der Waals surface area (Å²) >= 11 is 7.55. The summed E-state index contributed by atoms with van der Waals surface area (Å²) < 4.78 is 0. The average molecular weight is 264 g/mol. The van der Waals surface area contributed by atoms with Gasteiger partial charge >= 0.3 is 0 Å². The van der Waals surface area contributed by atoms with Gasteiger partial charge < -0.3 is 0 Å². The van der Waals surface area contributed by atoms with Gasteiger partial charge in [0.05, 0.1) is 5.02 Å². The van der Waals surface area contributed by atoms with Crippen molar-refractivity contribution in [1.29, 1.82) is 0 Å². The Morgan fingerprint density at radius 3 is 2.82 bits per heavy atom. The topological polar surface area (TPSA) is 30.0 Å². The number of carbonyl (C=O) groups is 1. The van der Waals surface area contributed by atoms with E-state index in [-0.39, 0.29) is 0 Å². The third-order valence-electron chi connectivity index (χ3n) is 2.27. The number of hydrogen-bond acceptors (Lipinski definition) is 3. The molecule has 0 fully saturated rings. The van der Waals surface area contributed by atoms with E-state index in [0.717, 1.165) is 21.8 Å². The van der Waals surface area contributed by atoms with Crippen molar-refractivity contribution in [3.05, 3.63) is 52.7 Å². The highest BCUT2D eigenvalue weighted by atomic mass is 35.5. The summed E-state index contributed by atoms with van der Waals surface area (Å²) in [5, 5.41) is 1.41. The van der Waals surface area contributed by atoms with Gasteiger partial charge in [-0.2, -0.15) is 0 Å². The summed E-state index contributed by atoms with van der Waals surface area (Å²) in [7, 11) is 0. The molecular weight excluding hydrogens is 254 g/mol. The van der Waals surface area contributed by atoms with Crippen LogP contribution in [0.2, 0.25) is 5.02 Å². The lowest BCUT2D eigenvalue weighted by molar-refractivity contribution is 0.112. The van der Waals surface area contributed by atoms with Crippen molar-refractivity contribution in [1.82, 2.24) is 4.98 Å². The van der Waals surface area contributed by atoms with Crippen LogP contribution in [0.1, 0.15) is 15.9 Å². The van der Waals surface area contributed by atoms with Gasteiger partial charge in [-0.1, -0.05) is 29.4 Å². The number of carbonyl (C=O) groups excluding carboxylic acids is 1. The number of aryl methyl sites for hydroxylation is 1. The number of aromatic nitrogens is 1. The van der Waals surface area contributed by atoms with Gasteiger partial charge in [-0.25, -0.2) is 4.98 Å². The van der Waals surface area contributed by atoms with Crippen molar-refractivity contribution >= 4 is 29.6 Å². The zero-order chi connectivity index (χ0) is 12.3. The fraction of sp³-hybridized carbons (Fsp3) is 0.0769. The number of rotatable bonds is 3. The molecule has 0 amide bonds. The van der Waals surface area contributed by atoms with E-state index in [1.54, 1.807) is 18.3 Å². The lowest BCUT2D eigenvalue weighted by Gasteiger charge is -2.06. The molecule has 0 saturated carbocycles. The molecule has 1 aromatic carbocycles. The molecule has 0 aliphatic heterocycles. The second kappa shape index (κ2) is 5.34. The maximum absolute atomic E-state index is 10.6. The predicted molar refractivity (Wildman–Crippen MR) is 69.9 cm³/mol. The van der Waals surface area contributed by atoms with Crippen molar-refractivity contribution in [3.63, 3.8) is 0 Å². The summed E-state index contributed by atoms with van der Waals surface area (Å²) in [5.41, 5.74) is 1.72. The number of benzene rings is 1. The molecule has 4 heteroatoms. The second-order valence-corrected chi connectivity index (χ2v) is 4.97. The maximum Gasteiger partial charge on any atom is 0.150 e. The van der Waals surface area contributed by atoms with Gasteiger partial charge in [-0.05, 0) is 36.8 Å². The molecule has 17 heavy (non-hydrogen) atoms. The van der Waals surface area contributed by atoms with Crippen LogP contribution in [0.15, 0.2) is 46.5 Å². The van der Waals surface area contributed by atoms with E-state index in [4.69, 9.17) is 11.6 Å². The van der Waals surface area contributed by atoms with Crippen molar-refractivity contribution in [2.24, 2.45) is 0 Å². The molecule has 2 rings (SSSR count). The molecule has 0 N–H and O–H groups in total. The Labute approximate surface area is 109 Å². The third kappa shape index (κ3) is 2.87. The Morgan fingerprint density at radius 1 is 1.35 bits per heavy atom. The molecule has 1 aromatic heterocycles. The second-order valence-electron chi connectivity index (χ2n) is 3.54. The molecule has 0 aliphatic carbocycles. The van der Waals surface area contributed by atoms with E-state index >= 15 is 0 Å². The highest BCUT2D eigenvalue weighted by Gasteiger charge is 2.06. The normalized spacial score (nSPS) is 10.2. The molecule has 0 saturated heterocycles. The first-order valence-electron chi connectivity index (χ1n) is 5.05. The van der Waals surface area contributed by atoms with Crippen LogP contribution in [0.3, 0.4) is 0 Å². The molecule has 0 spiro atoms. The van der Waals surface area contributed by atoms with Crippen molar-refractivity contribution in [2.45, 2.75) is 16.8 Å². The lowest BCUT2D eigenvalue weighted by Crippen LogP contribution is -1.86. The quantitative estimate of drug-likeness (QED) is 0.784. The molecule has 2 aromatic rings. The minimum absolute atomic E-state index is 0.636. The van der Waals surface area contributed by atoms with Crippen LogP contribution < -0.4 is 0 Å². The van der Waals surface area contributed by atoms with E-state index in [1.165, 1.54) is 11.8 Å². The SMILES string of the molecule is Cc1cc(C=O)ccc1Sc1ncccc1Cl. The average Bonchev–Trinajstić information content (AvgIpc) is 2.34. The van der Waals surface area contributed by atoms with Crippen LogP contribution in [-0.2, 0) is 0 Å². The summed E-state index contributed by atoms with van der Waals surface area (Å²) in [6.07, 6.45) is 2.55. The third-order valence-corrected chi connectivity index (χ3v) is 3.88. The predicted octanol–water partition coefficient (Wildman–Crippen LogP) is 4.01. The fourth-order valence-corrected chi connectivity index (χ4v) is 2.49. The zero-order valence-electron chi connectivity index (χ0n) is 9.18. The van der Waals surface area contributed by atoms with Gasteiger partial charge in [0.15, 0.2) is 0 Å². The minimum atomic E-state index is 0.636. The first-order valence-corrected chi connectivity index (χ1v) is 6.24. The van der Waals surface area contributed by atoms with Crippen molar-refractivity contribution < 1.29 is 4.79 Å². The molecule has 0 bridgehead atoms. The first-order chi connectivity index (χ1) is 8.20. The van der Waals surface area contributed by atoms with Crippen molar-refractivity contribution in [3.8, 4) is 0 Å². The van der Waals surface area contributed by atoms with Gasteiger partial charge in [-0.3, -0.25) is 4.79 Å². The van der Waals surface area contributed by atoms with E-state index in [0.29, 0.717) is 10.6 Å². The van der Waals surface area contributed by atoms with Gasteiger partial charge in [0.2, 0.25) is 0 Å². The molecule has 0 unspecified atom stereocenters. The number of nitrogens with zero attached hydrogens (tertiary/aromatic N) is 1. The molecule has 86 valence electrons. The van der Waals surface area contributed by atoms with E-state index in [9.17, 15) is 4.79 Å². The van der Waals surface area contributed by atoms with Crippen LogP contribution in [0, 0.1) is 6.92 Å². The lowest BCUT2D eigenvalue weighted by atomic mass is 10.2. The Kier molecular flexibility index (Phi) is 3.82. The maximum atomic E-state index is 10.6. The largest absolute Gasteiger partial charge is 0.298 e. The highest BCUT2D eigenvalue weighted by molar-refractivity contribution is 7.99. The van der Waals surface area contributed by atoms with Gasteiger partial charge in [-0.15, -0.1) is 0 Å². The highest BCUT2D eigenvalue weighted by Crippen LogP contribution is 2.33.